The molecule has 1 heterocycles. The largest absolute Gasteiger partial charge is 0.389 e. The number of nitrogens with zero attached hydrogens (tertiary/aromatic N) is 3. The van der Waals surface area contributed by atoms with Gasteiger partial charge in [0, 0.05) is 19.6 Å². The number of aliphatic imine (C=N–C) groups is 1. The smallest absolute Gasteiger partial charge is 0.191 e. The molecule has 0 radical (unpaired) electrons. The van der Waals surface area contributed by atoms with Gasteiger partial charge in [-0.05, 0) is 38.0 Å². The molecule has 0 spiro atoms. The highest BCUT2D eigenvalue weighted by molar-refractivity contribution is 14.0. The van der Waals surface area contributed by atoms with Crippen molar-refractivity contribution >= 4 is 41.0 Å². The molecule has 7 nitrogen and oxygen atoms in total. The molecule has 3 aromatic rings. The molecule has 0 aliphatic rings. The first kappa shape index (κ1) is 26.1. The molecular weight excluding hydrogens is 517 g/mol. The van der Waals surface area contributed by atoms with Crippen LogP contribution in [0.25, 0.3) is 11.0 Å². The van der Waals surface area contributed by atoms with Crippen LogP contribution in [0.1, 0.15) is 24.7 Å². The number of para-hydroxylation sites is 2. The van der Waals surface area contributed by atoms with E-state index in [4.69, 9.17) is 4.74 Å². The lowest BCUT2D eigenvalue weighted by atomic mass is 10.2. The van der Waals surface area contributed by atoms with Crippen LogP contribution < -0.4 is 10.6 Å². The maximum atomic E-state index is 10.2. The van der Waals surface area contributed by atoms with Crippen molar-refractivity contribution in [3.8, 4) is 0 Å². The highest BCUT2D eigenvalue weighted by atomic mass is 127. The van der Waals surface area contributed by atoms with Gasteiger partial charge in [0.15, 0.2) is 5.96 Å². The SMILES string of the molecule is CCNC(=NCC(O)COCc1ccccc1)NCCCn1c(C)nc2ccccc21.I. The molecule has 3 rings (SSSR count). The Labute approximate surface area is 207 Å². The van der Waals surface area contributed by atoms with Gasteiger partial charge < -0.3 is 25.0 Å². The summed E-state index contributed by atoms with van der Waals surface area (Å²) in [7, 11) is 0. The molecule has 1 aromatic heterocycles. The van der Waals surface area contributed by atoms with Gasteiger partial charge in [0.2, 0.25) is 0 Å². The lowest BCUT2D eigenvalue weighted by Gasteiger charge is -2.14. The van der Waals surface area contributed by atoms with Crippen LogP contribution in [-0.4, -0.2) is 53.0 Å². The van der Waals surface area contributed by atoms with E-state index >= 15 is 0 Å². The number of aliphatic hydroxyl groups is 1. The standard InChI is InChI=1S/C24H33N5O2.HI/c1-3-25-24(27-16-21(30)18-31-17-20-10-5-4-6-11-20)26-14-9-15-29-19(2)28-22-12-7-8-13-23(22)29;/h4-8,10-13,21,30H,3,9,14-18H2,1-2H3,(H2,25,26,27);1H. The average molecular weight is 551 g/mol. The van der Waals surface area contributed by atoms with E-state index in [-0.39, 0.29) is 37.1 Å². The second-order valence-corrected chi connectivity index (χ2v) is 7.45. The predicted octanol–water partition coefficient (Wildman–Crippen LogP) is 3.49. The number of hydrogen-bond donors (Lipinski definition) is 3. The molecule has 1 unspecified atom stereocenters. The van der Waals surface area contributed by atoms with Crippen molar-refractivity contribution in [1.29, 1.82) is 0 Å². The van der Waals surface area contributed by atoms with Gasteiger partial charge in [-0.15, -0.1) is 24.0 Å². The molecule has 32 heavy (non-hydrogen) atoms. The van der Waals surface area contributed by atoms with Gasteiger partial charge in [-0.3, -0.25) is 4.99 Å². The molecule has 0 amide bonds. The number of benzene rings is 2. The minimum Gasteiger partial charge on any atom is -0.389 e. The van der Waals surface area contributed by atoms with E-state index < -0.39 is 6.10 Å². The fourth-order valence-corrected chi connectivity index (χ4v) is 3.40. The van der Waals surface area contributed by atoms with Crippen molar-refractivity contribution in [2.45, 2.75) is 39.5 Å². The highest BCUT2D eigenvalue weighted by Gasteiger charge is 2.07. The Morgan fingerprint density at radius 1 is 1.12 bits per heavy atom. The summed E-state index contributed by atoms with van der Waals surface area (Å²) in [4.78, 5) is 9.10. The van der Waals surface area contributed by atoms with Crippen molar-refractivity contribution in [2.75, 3.05) is 26.2 Å². The summed E-state index contributed by atoms with van der Waals surface area (Å²) in [5, 5.41) is 16.7. The number of hydrogen-bond acceptors (Lipinski definition) is 4. The quantitative estimate of drug-likeness (QED) is 0.147. The molecule has 0 bridgehead atoms. The van der Waals surface area contributed by atoms with Crippen molar-refractivity contribution in [1.82, 2.24) is 20.2 Å². The number of ether oxygens (including phenoxy) is 1. The van der Waals surface area contributed by atoms with Crippen molar-refractivity contribution in [3.05, 3.63) is 66.0 Å². The number of nitrogens with one attached hydrogen (secondary N) is 2. The molecule has 0 saturated heterocycles. The molecule has 8 heteroatoms. The molecule has 174 valence electrons. The van der Waals surface area contributed by atoms with E-state index in [1.165, 1.54) is 5.52 Å². The Balaban J connectivity index is 0.00000363. The van der Waals surface area contributed by atoms with E-state index in [2.05, 4.69) is 31.2 Å². The van der Waals surface area contributed by atoms with Crippen LogP contribution in [0.4, 0.5) is 0 Å². The van der Waals surface area contributed by atoms with Crippen molar-refractivity contribution in [2.24, 2.45) is 4.99 Å². The molecule has 1 atom stereocenters. The maximum Gasteiger partial charge on any atom is 0.191 e. The third-order valence-electron chi connectivity index (χ3n) is 4.92. The van der Waals surface area contributed by atoms with Gasteiger partial charge in [0.25, 0.3) is 0 Å². The lowest BCUT2D eigenvalue weighted by Crippen LogP contribution is -2.39. The number of rotatable bonds is 11. The molecule has 3 N–H and O–H groups in total. The highest BCUT2D eigenvalue weighted by Crippen LogP contribution is 2.15. The lowest BCUT2D eigenvalue weighted by molar-refractivity contribution is 0.0331. The summed E-state index contributed by atoms with van der Waals surface area (Å²) in [6.45, 7) is 7.52. The number of aryl methyl sites for hydroxylation is 2. The van der Waals surface area contributed by atoms with E-state index in [9.17, 15) is 5.11 Å². The first-order chi connectivity index (χ1) is 15.2. The first-order valence-electron chi connectivity index (χ1n) is 10.9. The number of halogens is 1. The van der Waals surface area contributed by atoms with Gasteiger partial charge >= 0.3 is 0 Å². The number of aromatic nitrogens is 2. The zero-order chi connectivity index (χ0) is 21.9. The van der Waals surface area contributed by atoms with E-state index in [1.54, 1.807) is 0 Å². The monoisotopic (exact) mass is 551 g/mol. The van der Waals surface area contributed by atoms with Gasteiger partial charge in [-0.2, -0.15) is 0 Å². The Morgan fingerprint density at radius 3 is 2.66 bits per heavy atom. The molecule has 0 saturated carbocycles. The second-order valence-electron chi connectivity index (χ2n) is 7.45. The Kier molecular flexibility index (Phi) is 11.5. The average Bonchev–Trinajstić information content (AvgIpc) is 3.10. The van der Waals surface area contributed by atoms with Crippen LogP contribution in [-0.2, 0) is 17.9 Å². The van der Waals surface area contributed by atoms with Crippen LogP contribution in [0.3, 0.4) is 0 Å². The summed E-state index contributed by atoms with van der Waals surface area (Å²) in [5.74, 6) is 1.73. The zero-order valence-electron chi connectivity index (χ0n) is 18.8. The summed E-state index contributed by atoms with van der Waals surface area (Å²) >= 11 is 0. The van der Waals surface area contributed by atoms with Crippen molar-refractivity contribution in [3.63, 3.8) is 0 Å². The van der Waals surface area contributed by atoms with E-state index in [0.717, 1.165) is 43.0 Å². The van der Waals surface area contributed by atoms with Crippen LogP contribution in [0.5, 0.6) is 0 Å². The summed E-state index contributed by atoms with van der Waals surface area (Å²) in [6, 6.07) is 18.1. The summed E-state index contributed by atoms with van der Waals surface area (Å²) in [5.41, 5.74) is 3.29. The van der Waals surface area contributed by atoms with Gasteiger partial charge in [0.1, 0.15) is 5.82 Å². The van der Waals surface area contributed by atoms with Crippen LogP contribution in [0.15, 0.2) is 59.6 Å². The molecular formula is C24H34IN5O2. The molecule has 0 fully saturated rings. The minimum atomic E-state index is -0.640. The summed E-state index contributed by atoms with van der Waals surface area (Å²) in [6.07, 6.45) is 0.299. The topological polar surface area (TPSA) is 83.7 Å². The fourth-order valence-electron chi connectivity index (χ4n) is 3.40. The number of aliphatic hydroxyl groups excluding tert-OH is 1. The van der Waals surface area contributed by atoms with E-state index in [1.807, 2.05) is 62.4 Å². The maximum absolute atomic E-state index is 10.2. The third kappa shape index (κ3) is 8.07. The van der Waals surface area contributed by atoms with Crippen LogP contribution >= 0.6 is 24.0 Å². The van der Waals surface area contributed by atoms with Gasteiger partial charge in [-0.1, -0.05) is 42.5 Å². The molecule has 2 aromatic carbocycles. The molecule has 0 aliphatic carbocycles. The van der Waals surface area contributed by atoms with Crippen LogP contribution in [0, 0.1) is 6.92 Å². The minimum absolute atomic E-state index is 0. The van der Waals surface area contributed by atoms with Crippen LogP contribution in [0.2, 0.25) is 0 Å². The summed E-state index contributed by atoms with van der Waals surface area (Å²) < 4.78 is 7.84. The zero-order valence-corrected chi connectivity index (χ0v) is 21.2. The number of fused-ring (bicyclic) bond motifs is 1. The molecule has 0 aliphatic heterocycles. The normalized spacial score (nSPS) is 12.4. The predicted molar refractivity (Wildman–Crippen MR) is 141 cm³/mol. The Morgan fingerprint density at radius 2 is 1.88 bits per heavy atom. The Hall–Kier alpha value is -2.17. The van der Waals surface area contributed by atoms with Gasteiger partial charge in [-0.25, -0.2) is 4.98 Å². The fraction of sp³-hybridized carbons (Fsp3) is 0.417. The first-order valence-corrected chi connectivity index (χ1v) is 10.9. The Bertz CT molecular complexity index is 961. The van der Waals surface area contributed by atoms with E-state index in [0.29, 0.717) is 12.6 Å². The number of imidazole rings is 1. The van der Waals surface area contributed by atoms with Gasteiger partial charge in [0.05, 0.1) is 36.9 Å². The third-order valence-corrected chi connectivity index (χ3v) is 4.92. The number of guanidine groups is 1. The second kappa shape index (κ2) is 14.1. The van der Waals surface area contributed by atoms with Crippen molar-refractivity contribution < 1.29 is 9.84 Å².